The van der Waals surface area contributed by atoms with Crippen molar-refractivity contribution in [1.29, 1.82) is 0 Å². The van der Waals surface area contributed by atoms with Crippen LogP contribution in [-0.2, 0) is 17.6 Å². The Morgan fingerprint density at radius 2 is 2.05 bits per heavy atom. The van der Waals surface area contributed by atoms with E-state index in [-0.39, 0.29) is 12.2 Å². The molecule has 1 aromatic carbocycles. The second-order valence-electron chi connectivity index (χ2n) is 5.83. The fourth-order valence-electron chi connectivity index (χ4n) is 2.45. The van der Waals surface area contributed by atoms with E-state index >= 15 is 0 Å². The van der Waals surface area contributed by atoms with Crippen LogP contribution >= 0.6 is 0 Å². The number of carbonyl (C=O) groups is 1. The van der Waals surface area contributed by atoms with Crippen molar-refractivity contribution in [2.45, 2.75) is 45.1 Å². The molecule has 0 aliphatic heterocycles. The molecule has 3 nitrogen and oxygen atoms in total. The van der Waals surface area contributed by atoms with Gasteiger partial charge < -0.3 is 9.64 Å². The SMILES string of the molecule is CC(C)c1ccc2c(c1)CCC(OC(=O)N(C)C)C2. The van der Waals surface area contributed by atoms with Gasteiger partial charge in [0.05, 0.1) is 0 Å². The summed E-state index contributed by atoms with van der Waals surface area (Å²) >= 11 is 0. The molecule has 1 aliphatic rings. The first kappa shape index (κ1) is 13.9. The van der Waals surface area contributed by atoms with Gasteiger partial charge in [-0.3, -0.25) is 0 Å². The standard InChI is InChI=1S/C16H23NO2/c1-11(2)12-5-6-14-10-15(8-7-13(14)9-12)19-16(18)17(3)4/h5-6,9,11,15H,7-8,10H2,1-4H3. The van der Waals surface area contributed by atoms with Crippen molar-refractivity contribution < 1.29 is 9.53 Å². The molecule has 0 N–H and O–H groups in total. The number of carbonyl (C=O) groups excluding carboxylic acids is 1. The lowest BCUT2D eigenvalue weighted by molar-refractivity contribution is 0.0679. The summed E-state index contributed by atoms with van der Waals surface area (Å²) in [4.78, 5) is 13.1. The van der Waals surface area contributed by atoms with Gasteiger partial charge in [0.2, 0.25) is 0 Å². The van der Waals surface area contributed by atoms with Crippen LogP contribution in [-0.4, -0.2) is 31.2 Å². The van der Waals surface area contributed by atoms with Gasteiger partial charge >= 0.3 is 6.09 Å². The molecule has 0 fully saturated rings. The number of ether oxygens (including phenoxy) is 1. The van der Waals surface area contributed by atoms with Crippen molar-refractivity contribution in [3.05, 3.63) is 34.9 Å². The van der Waals surface area contributed by atoms with Crippen LogP contribution in [0.15, 0.2) is 18.2 Å². The summed E-state index contributed by atoms with van der Waals surface area (Å²) in [6.45, 7) is 4.43. The zero-order valence-corrected chi connectivity index (χ0v) is 12.3. The molecule has 0 aromatic heterocycles. The van der Waals surface area contributed by atoms with Gasteiger partial charge in [0.25, 0.3) is 0 Å². The van der Waals surface area contributed by atoms with E-state index in [9.17, 15) is 4.79 Å². The lowest BCUT2D eigenvalue weighted by Crippen LogP contribution is -2.31. The van der Waals surface area contributed by atoms with Crippen LogP contribution in [0.5, 0.6) is 0 Å². The fraction of sp³-hybridized carbons (Fsp3) is 0.562. The number of rotatable bonds is 2. The maximum atomic E-state index is 11.6. The van der Waals surface area contributed by atoms with Gasteiger partial charge in [-0.05, 0) is 35.4 Å². The second-order valence-corrected chi connectivity index (χ2v) is 5.83. The van der Waals surface area contributed by atoms with Crippen molar-refractivity contribution >= 4 is 6.09 Å². The first-order valence-electron chi connectivity index (χ1n) is 6.97. The molecule has 104 valence electrons. The van der Waals surface area contributed by atoms with E-state index in [2.05, 4.69) is 32.0 Å². The molecule has 19 heavy (non-hydrogen) atoms. The molecule has 1 aliphatic carbocycles. The fourth-order valence-corrected chi connectivity index (χ4v) is 2.45. The van der Waals surface area contributed by atoms with E-state index in [0.717, 1.165) is 19.3 Å². The van der Waals surface area contributed by atoms with Gasteiger partial charge in [-0.15, -0.1) is 0 Å². The van der Waals surface area contributed by atoms with Crippen LogP contribution in [0.4, 0.5) is 4.79 Å². The molecule has 1 amide bonds. The maximum Gasteiger partial charge on any atom is 0.409 e. The molecule has 3 heteroatoms. The molecule has 2 rings (SSSR count). The molecule has 0 saturated heterocycles. The Labute approximate surface area is 115 Å². The number of amides is 1. The largest absolute Gasteiger partial charge is 0.446 e. The lowest BCUT2D eigenvalue weighted by atomic mass is 9.87. The zero-order valence-electron chi connectivity index (χ0n) is 12.3. The first-order valence-corrected chi connectivity index (χ1v) is 6.97. The van der Waals surface area contributed by atoms with Gasteiger partial charge in [-0.25, -0.2) is 4.79 Å². The van der Waals surface area contributed by atoms with Gasteiger partial charge in [-0.1, -0.05) is 32.0 Å². The summed E-state index contributed by atoms with van der Waals surface area (Å²) < 4.78 is 5.47. The monoisotopic (exact) mass is 261 g/mol. The van der Waals surface area contributed by atoms with Gasteiger partial charge in [0, 0.05) is 20.5 Å². The highest BCUT2D eigenvalue weighted by Crippen LogP contribution is 2.27. The Kier molecular flexibility index (Phi) is 4.13. The van der Waals surface area contributed by atoms with Crippen LogP contribution in [0.25, 0.3) is 0 Å². The average molecular weight is 261 g/mol. The lowest BCUT2D eigenvalue weighted by Gasteiger charge is -2.26. The Morgan fingerprint density at radius 1 is 1.32 bits per heavy atom. The number of nitrogens with zero attached hydrogens (tertiary/aromatic N) is 1. The highest BCUT2D eigenvalue weighted by Gasteiger charge is 2.22. The van der Waals surface area contributed by atoms with E-state index in [4.69, 9.17) is 4.74 Å². The van der Waals surface area contributed by atoms with Gasteiger partial charge in [0.1, 0.15) is 6.10 Å². The molecule has 1 atom stereocenters. The molecule has 0 radical (unpaired) electrons. The second kappa shape index (κ2) is 5.64. The number of fused-ring (bicyclic) bond motifs is 1. The third-order valence-corrected chi connectivity index (χ3v) is 3.71. The normalized spacial score (nSPS) is 18.1. The first-order chi connectivity index (χ1) is 8.97. The Bertz CT molecular complexity index is 466. The molecule has 0 heterocycles. The Balaban J connectivity index is 2.06. The highest BCUT2D eigenvalue weighted by molar-refractivity contribution is 5.67. The molecular weight excluding hydrogens is 238 g/mol. The van der Waals surface area contributed by atoms with E-state index in [1.165, 1.54) is 21.6 Å². The minimum absolute atomic E-state index is 0.0206. The molecule has 0 bridgehead atoms. The predicted octanol–water partition coefficient (Wildman–Crippen LogP) is 3.37. The number of benzene rings is 1. The Hall–Kier alpha value is -1.51. The number of hydrogen-bond donors (Lipinski definition) is 0. The zero-order chi connectivity index (χ0) is 14.0. The third kappa shape index (κ3) is 3.28. The quantitative estimate of drug-likeness (QED) is 0.817. The average Bonchev–Trinajstić information content (AvgIpc) is 2.37. The van der Waals surface area contributed by atoms with Gasteiger partial charge in [-0.2, -0.15) is 0 Å². The minimum Gasteiger partial charge on any atom is -0.446 e. The number of aryl methyl sites for hydroxylation is 1. The highest BCUT2D eigenvalue weighted by atomic mass is 16.6. The molecule has 1 aromatic rings. The summed E-state index contributed by atoms with van der Waals surface area (Å²) in [5.41, 5.74) is 4.14. The summed E-state index contributed by atoms with van der Waals surface area (Å²) in [7, 11) is 3.43. The summed E-state index contributed by atoms with van der Waals surface area (Å²) in [6.07, 6.45) is 2.54. The summed E-state index contributed by atoms with van der Waals surface area (Å²) in [5.74, 6) is 0.564. The summed E-state index contributed by atoms with van der Waals surface area (Å²) in [5, 5.41) is 0. The third-order valence-electron chi connectivity index (χ3n) is 3.71. The van der Waals surface area contributed by atoms with Crippen molar-refractivity contribution in [2.75, 3.05) is 14.1 Å². The van der Waals surface area contributed by atoms with Crippen LogP contribution < -0.4 is 0 Å². The smallest absolute Gasteiger partial charge is 0.409 e. The molecule has 1 unspecified atom stereocenters. The van der Waals surface area contributed by atoms with E-state index in [1.807, 2.05) is 0 Å². The predicted molar refractivity (Wildman–Crippen MR) is 76.5 cm³/mol. The van der Waals surface area contributed by atoms with Crippen LogP contribution in [0.1, 0.15) is 42.9 Å². The molecule has 0 saturated carbocycles. The van der Waals surface area contributed by atoms with Crippen LogP contribution in [0.3, 0.4) is 0 Å². The minimum atomic E-state index is -0.243. The van der Waals surface area contributed by atoms with Crippen LogP contribution in [0, 0.1) is 0 Å². The van der Waals surface area contributed by atoms with Crippen LogP contribution in [0.2, 0.25) is 0 Å². The van der Waals surface area contributed by atoms with E-state index in [1.54, 1.807) is 14.1 Å². The maximum absolute atomic E-state index is 11.6. The topological polar surface area (TPSA) is 29.5 Å². The van der Waals surface area contributed by atoms with Crippen molar-refractivity contribution in [3.63, 3.8) is 0 Å². The van der Waals surface area contributed by atoms with E-state index in [0.29, 0.717) is 5.92 Å². The molecular formula is C16H23NO2. The van der Waals surface area contributed by atoms with E-state index < -0.39 is 0 Å². The summed E-state index contributed by atoms with van der Waals surface area (Å²) in [6, 6.07) is 6.70. The van der Waals surface area contributed by atoms with Crippen molar-refractivity contribution in [1.82, 2.24) is 4.90 Å². The number of hydrogen-bond acceptors (Lipinski definition) is 2. The van der Waals surface area contributed by atoms with Gasteiger partial charge in [0.15, 0.2) is 0 Å². The van der Waals surface area contributed by atoms with Crippen molar-refractivity contribution in [2.24, 2.45) is 0 Å². The van der Waals surface area contributed by atoms with Crippen molar-refractivity contribution in [3.8, 4) is 0 Å². The molecule has 0 spiro atoms. The Morgan fingerprint density at radius 3 is 2.68 bits per heavy atom.